The van der Waals surface area contributed by atoms with Crippen molar-refractivity contribution in [1.82, 2.24) is 4.98 Å². The number of nitrogens with zero attached hydrogens (tertiary/aromatic N) is 1. The highest BCUT2D eigenvalue weighted by Gasteiger charge is 2.20. The van der Waals surface area contributed by atoms with Gasteiger partial charge in [-0.25, -0.2) is 8.78 Å². The van der Waals surface area contributed by atoms with Gasteiger partial charge in [0.05, 0.1) is 4.90 Å². The van der Waals surface area contributed by atoms with Crippen LogP contribution in [0.25, 0.3) is 0 Å². The lowest BCUT2D eigenvalue weighted by atomic mass is 10.4. The first-order valence-corrected chi connectivity index (χ1v) is 4.39. The van der Waals surface area contributed by atoms with Gasteiger partial charge in [0, 0.05) is 0 Å². The zero-order chi connectivity index (χ0) is 10.0. The summed E-state index contributed by atoms with van der Waals surface area (Å²) in [5, 5.41) is 0. The van der Waals surface area contributed by atoms with Gasteiger partial charge in [-0.1, -0.05) is 6.92 Å². The molecule has 0 amide bonds. The van der Waals surface area contributed by atoms with E-state index in [0.717, 1.165) is 0 Å². The number of aromatic nitrogens is 1. The Morgan fingerprint density at radius 3 is 1.92 bits per heavy atom. The third-order valence-corrected chi connectivity index (χ3v) is 2.18. The third kappa shape index (κ3) is 1.93. The summed E-state index contributed by atoms with van der Waals surface area (Å²) in [6.07, 6.45) is 0. The van der Waals surface area contributed by atoms with E-state index in [1.54, 1.807) is 6.92 Å². The Labute approximate surface area is 76.2 Å². The molecule has 0 N–H and O–H groups in total. The highest BCUT2D eigenvalue weighted by Crippen LogP contribution is 2.26. The quantitative estimate of drug-likeness (QED) is 0.424. The molecule has 1 nitrogen and oxygen atoms in total. The van der Waals surface area contributed by atoms with E-state index in [2.05, 4.69) is 4.98 Å². The molecule has 0 radical (unpaired) electrons. The fourth-order valence-corrected chi connectivity index (χ4v) is 1.45. The summed E-state index contributed by atoms with van der Waals surface area (Å²) < 4.78 is 50.4. The van der Waals surface area contributed by atoms with Crippen molar-refractivity contribution in [2.24, 2.45) is 0 Å². The molecular weight excluding hydrogens is 206 g/mol. The van der Waals surface area contributed by atoms with Crippen LogP contribution in [0.15, 0.2) is 4.90 Å². The first kappa shape index (κ1) is 10.3. The first-order valence-electron chi connectivity index (χ1n) is 3.40. The van der Waals surface area contributed by atoms with Gasteiger partial charge in [-0.3, -0.25) is 0 Å². The van der Waals surface area contributed by atoms with E-state index in [1.807, 2.05) is 0 Å². The van der Waals surface area contributed by atoms with E-state index in [9.17, 15) is 17.6 Å². The maximum atomic E-state index is 12.8. The van der Waals surface area contributed by atoms with Crippen molar-refractivity contribution in [3.63, 3.8) is 0 Å². The zero-order valence-electron chi connectivity index (χ0n) is 6.57. The van der Waals surface area contributed by atoms with Crippen LogP contribution < -0.4 is 0 Å². The molecule has 0 spiro atoms. The molecule has 0 aliphatic heterocycles. The van der Waals surface area contributed by atoms with Crippen LogP contribution in [0.4, 0.5) is 17.6 Å². The normalized spacial score (nSPS) is 10.5. The van der Waals surface area contributed by atoms with Gasteiger partial charge >= 0.3 is 0 Å². The number of rotatable bonds is 2. The number of hydrogen-bond donors (Lipinski definition) is 0. The van der Waals surface area contributed by atoms with Crippen molar-refractivity contribution in [3.8, 4) is 0 Å². The van der Waals surface area contributed by atoms with Crippen LogP contribution in [0.5, 0.6) is 0 Å². The molecule has 1 aromatic rings. The molecule has 72 valence electrons. The van der Waals surface area contributed by atoms with Gasteiger partial charge < -0.3 is 0 Å². The Balaban J connectivity index is 3.28. The van der Waals surface area contributed by atoms with Crippen LogP contribution >= 0.6 is 11.8 Å². The highest BCUT2D eigenvalue weighted by molar-refractivity contribution is 7.99. The van der Waals surface area contributed by atoms with E-state index in [4.69, 9.17) is 0 Å². The highest BCUT2D eigenvalue weighted by atomic mass is 32.2. The molecule has 0 bridgehead atoms. The second-order valence-electron chi connectivity index (χ2n) is 2.08. The Hall–Kier alpha value is -0.780. The van der Waals surface area contributed by atoms with Crippen LogP contribution in [0.1, 0.15) is 6.92 Å². The van der Waals surface area contributed by atoms with Crippen molar-refractivity contribution in [3.05, 3.63) is 23.5 Å². The molecule has 0 aromatic carbocycles. The minimum absolute atomic E-state index is 0.316. The predicted molar refractivity (Wildman–Crippen MR) is 40.5 cm³/mol. The summed E-state index contributed by atoms with van der Waals surface area (Å²) in [4.78, 5) is 1.76. The van der Waals surface area contributed by atoms with Crippen molar-refractivity contribution >= 4 is 11.8 Å². The van der Waals surface area contributed by atoms with Crippen LogP contribution in [-0.2, 0) is 0 Å². The SMILES string of the molecule is CCSc1c(F)c(F)nc(F)c1F. The fourth-order valence-electron chi connectivity index (χ4n) is 0.739. The zero-order valence-corrected chi connectivity index (χ0v) is 7.39. The number of thioether (sulfide) groups is 1. The smallest absolute Gasteiger partial charge is 0.201 e. The summed E-state index contributed by atoms with van der Waals surface area (Å²) in [6.45, 7) is 1.61. The lowest BCUT2D eigenvalue weighted by Crippen LogP contribution is -2.01. The van der Waals surface area contributed by atoms with Crippen LogP contribution in [0.3, 0.4) is 0 Å². The van der Waals surface area contributed by atoms with E-state index in [-0.39, 0.29) is 0 Å². The lowest BCUT2D eigenvalue weighted by molar-refractivity contribution is 0.383. The maximum absolute atomic E-state index is 12.8. The summed E-state index contributed by atoms with van der Waals surface area (Å²) in [5.74, 6) is -5.79. The Morgan fingerprint density at radius 1 is 1.08 bits per heavy atom. The summed E-state index contributed by atoms with van der Waals surface area (Å²) in [6, 6.07) is 0. The molecule has 0 atom stereocenters. The molecular formula is C7H5F4NS. The molecule has 13 heavy (non-hydrogen) atoms. The van der Waals surface area contributed by atoms with Crippen LogP contribution in [-0.4, -0.2) is 10.7 Å². The molecule has 0 aliphatic carbocycles. The molecule has 0 saturated carbocycles. The summed E-state index contributed by atoms with van der Waals surface area (Å²) >= 11 is 0.687. The molecule has 0 fully saturated rings. The topological polar surface area (TPSA) is 12.9 Å². The van der Waals surface area contributed by atoms with E-state index in [0.29, 0.717) is 17.5 Å². The van der Waals surface area contributed by atoms with Gasteiger partial charge in [0.15, 0.2) is 11.6 Å². The predicted octanol–water partition coefficient (Wildman–Crippen LogP) is 2.75. The van der Waals surface area contributed by atoms with E-state index >= 15 is 0 Å². The average Bonchev–Trinajstić information content (AvgIpc) is 2.09. The molecule has 0 saturated heterocycles. The van der Waals surface area contributed by atoms with Crippen LogP contribution in [0, 0.1) is 23.5 Å². The van der Waals surface area contributed by atoms with Crippen molar-refractivity contribution in [2.45, 2.75) is 11.8 Å². The minimum atomic E-state index is -1.62. The summed E-state index contributed by atoms with van der Waals surface area (Å²) in [5.41, 5.74) is 0. The van der Waals surface area contributed by atoms with Crippen molar-refractivity contribution < 1.29 is 17.6 Å². The van der Waals surface area contributed by atoms with Gasteiger partial charge in [-0.15, -0.1) is 11.8 Å². The lowest BCUT2D eigenvalue weighted by Gasteiger charge is -2.03. The summed E-state index contributed by atoms with van der Waals surface area (Å²) in [7, 11) is 0. The van der Waals surface area contributed by atoms with Gasteiger partial charge in [0.2, 0.25) is 0 Å². The van der Waals surface area contributed by atoms with Crippen LogP contribution in [0.2, 0.25) is 0 Å². The molecule has 1 aromatic heterocycles. The average molecular weight is 211 g/mol. The second-order valence-corrected chi connectivity index (χ2v) is 3.36. The molecule has 0 unspecified atom stereocenters. The molecule has 0 aliphatic rings. The van der Waals surface area contributed by atoms with E-state index < -0.39 is 28.4 Å². The number of pyridine rings is 1. The Kier molecular flexibility index (Phi) is 3.13. The Bertz CT molecular complexity index is 303. The van der Waals surface area contributed by atoms with E-state index in [1.165, 1.54) is 0 Å². The second kappa shape index (κ2) is 3.95. The molecule has 6 heteroatoms. The van der Waals surface area contributed by atoms with Gasteiger partial charge in [0.1, 0.15) is 0 Å². The molecule has 1 heterocycles. The maximum Gasteiger partial charge on any atom is 0.252 e. The largest absolute Gasteiger partial charge is 0.252 e. The minimum Gasteiger partial charge on any atom is -0.201 e. The number of halogens is 4. The Morgan fingerprint density at radius 2 is 1.54 bits per heavy atom. The molecule has 1 rings (SSSR count). The van der Waals surface area contributed by atoms with Crippen molar-refractivity contribution in [1.29, 1.82) is 0 Å². The standard InChI is InChI=1S/C7H5F4NS/c1-2-13-5-3(8)6(10)12-7(11)4(5)9/h2H2,1H3. The van der Waals surface area contributed by atoms with Gasteiger partial charge in [0.25, 0.3) is 11.9 Å². The monoisotopic (exact) mass is 211 g/mol. The van der Waals surface area contributed by atoms with Crippen molar-refractivity contribution in [2.75, 3.05) is 5.75 Å². The third-order valence-electron chi connectivity index (χ3n) is 1.25. The fraction of sp³-hybridized carbons (Fsp3) is 0.286. The first-order chi connectivity index (χ1) is 6.07. The number of hydrogen-bond acceptors (Lipinski definition) is 2. The van der Waals surface area contributed by atoms with Gasteiger partial charge in [-0.2, -0.15) is 13.8 Å². The van der Waals surface area contributed by atoms with Gasteiger partial charge in [-0.05, 0) is 5.75 Å².